The van der Waals surface area contributed by atoms with E-state index in [0.717, 1.165) is 11.1 Å². The van der Waals surface area contributed by atoms with Crippen molar-refractivity contribution >= 4 is 17.4 Å². The summed E-state index contributed by atoms with van der Waals surface area (Å²) >= 11 is 0. The molecule has 0 radical (unpaired) electrons. The smallest absolute Gasteiger partial charge is 0.293 e. The van der Waals surface area contributed by atoms with Gasteiger partial charge in [0.2, 0.25) is 23.4 Å². The zero-order chi connectivity index (χ0) is 23.8. The minimum absolute atomic E-state index is 0.0529. The number of hydrogen-bond acceptors (Lipinski definition) is 7. The van der Waals surface area contributed by atoms with Gasteiger partial charge in [0.1, 0.15) is 12.0 Å². The molecular weight excluding hydrogens is 439 g/mol. The van der Waals surface area contributed by atoms with Crippen LogP contribution in [0.3, 0.4) is 0 Å². The predicted molar refractivity (Wildman–Crippen MR) is 121 cm³/mol. The molecule has 1 fully saturated rings. The summed E-state index contributed by atoms with van der Waals surface area (Å²) in [7, 11) is 0. The van der Waals surface area contributed by atoms with Gasteiger partial charge < -0.3 is 14.3 Å². The van der Waals surface area contributed by atoms with E-state index in [1.54, 1.807) is 25.1 Å². The van der Waals surface area contributed by atoms with Crippen LogP contribution in [-0.4, -0.2) is 33.0 Å². The van der Waals surface area contributed by atoms with Crippen molar-refractivity contribution in [1.82, 2.24) is 15.1 Å². The van der Waals surface area contributed by atoms with Gasteiger partial charge in [-0.15, -0.1) is 0 Å². The van der Waals surface area contributed by atoms with Crippen molar-refractivity contribution in [2.75, 3.05) is 5.32 Å². The number of aromatic nitrogens is 3. The van der Waals surface area contributed by atoms with Gasteiger partial charge in [-0.25, -0.2) is 9.37 Å². The number of aryl methyl sites for hydroxylation is 1. The molecule has 1 aliphatic carbocycles. The largest absolute Gasteiger partial charge is 0.431 e. The standard InChI is InChI=1S/C25H21FN4O4/c1-13-3-6-17(22-29-25(34-30-22)18-11-19(18)26)10-20(13)28-23(32)21-12-27-24(33-21)16-7-4-15(5-8-16)9-14(2)31/h3-8,10,12,18-19H,9,11H2,1-2H3,(H,28,32)/t18-,19-/m0/s1. The number of carbonyl (C=O) groups is 2. The topological polar surface area (TPSA) is 111 Å². The molecule has 34 heavy (non-hydrogen) atoms. The Kier molecular flexibility index (Phi) is 5.53. The third-order valence-corrected chi connectivity index (χ3v) is 5.60. The number of oxazole rings is 1. The van der Waals surface area contributed by atoms with Gasteiger partial charge in [0.25, 0.3) is 5.91 Å². The van der Waals surface area contributed by atoms with Crippen LogP contribution in [0.5, 0.6) is 0 Å². The van der Waals surface area contributed by atoms with Crippen LogP contribution < -0.4 is 5.32 Å². The molecule has 5 rings (SSSR count). The van der Waals surface area contributed by atoms with Gasteiger partial charge in [-0.1, -0.05) is 29.4 Å². The maximum Gasteiger partial charge on any atom is 0.293 e. The van der Waals surface area contributed by atoms with Crippen LogP contribution >= 0.6 is 0 Å². The third-order valence-electron chi connectivity index (χ3n) is 5.60. The number of anilines is 1. The molecule has 0 unspecified atom stereocenters. The number of halogens is 1. The van der Waals surface area contributed by atoms with Crippen molar-refractivity contribution in [3.63, 3.8) is 0 Å². The zero-order valence-corrected chi connectivity index (χ0v) is 18.5. The highest BCUT2D eigenvalue weighted by atomic mass is 19.1. The number of benzene rings is 2. The normalized spacial score (nSPS) is 16.9. The molecule has 8 nitrogen and oxygen atoms in total. The molecule has 2 aromatic heterocycles. The second-order valence-corrected chi connectivity index (χ2v) is 8.40. The summed E-state index contributed by atoms with van der Waals surface area (Å²) in [5.41, 5.74) is 3.61. The molecule has 0 aliphatic heterocycles. The summed E-state index contributed by atoms with van der Waals surface area (Å²) in [6.45, 7) is 3.39. The van der Waals surface area contributed by atoms with Crippen molar-refractivity contribution in [1.29, 1.82) is 0 Å². The SMILES string of the molecule is CC(=O)Cc1ccc(-c2ncc(C(=O)Nc3cc(-c4noc([C@H]5C[C@@H]5F)n4)ccc3C)o2)cc1. The molecule has 4 aromatic rings. The molecule has 2 aromatic carbocycles. The minimum atomic E-state index is -0.925. The number of nitrogens with one attached hydrogen (secondary N) is 1. The molecule has 2 heterocycles. The lowest BCUT2D eigenvalue weighted by Crippen LogP contribution is -2.12. The lowest BCUT2D eigenvalue weighted by Gasteiger charge is -2.08. The van der Waals surface area contributed by atoms with Crippen LogP contribution in [0.1, 0.15) is 46.8 Å². The first-order chi connectivity index (χ1) is 16.4. The molecule has 172 valence electrons. The number of hydrogen-bond donors (Lipinski definition) is 1. The Bertz CT molecular complexity index is 1380. The molecule has 0 bridgehead atoms. The molecule has 1 N–H and O–H groups in total. The van der Waals surface area contributed by atoms with Crippen LogP contribution in [0.15, 0.2) is 57.6 Å². The van der Waals surface area contributed by atoms with Gasteiger partial charge in [0.05, 0.1) is 12.1 Å². The molecule has 1 amide bonds. The highest BCUT2D eigenvalue weighted by Crippen LogP contribution is 2.43. The second-order valence-electron chi connectivity index (χ2n) is 8.40. The number of rotatable bonds is 7. The van der Waals surface area contributed by atoms with Crippen molar-refractivity contribution in [3.05, 3.63) is 71.4 Å². The first-order valence-corrected chi connectivity index (χ1v) is 10.8. The average molecular weight is 460 g/mol. The van der Waals surface area contributed by atoms with E-state index in [2.05, 4.69) is 20.4 Å². The second kappa shape index (κ2) is 8.66. The Balaban J connectivity index is 1.31. The fourth-order valence-electron chi connectivity index (χ4n) is 3.57. The molecular formula is C25H21FN4O4. The van der Waals surface area contributed by atoms with Crippen LogP contribution in [0.2, 0.25) is 0 Å². The number of Topliss-reactive ketones (excluding diaryl/α,β-unsaturated/α-hetero) is 1. The number of amides is 1. The molecule has 2 atom stereocenters. The zero-order valence-electron chi connectivity index (χ0n) is 18.5. The first kappa shape index (κ1) is 21.7. The fourth-order valence-corrected chi connectivity index (χ4v) is 3.57. The Morgan fingerprint density at radius 1 is 1.15 bits per heavy atom. The van der Waals surface area contributed by atoms with Gasteiger partial charge in [-0.05, 0) is 49.6 Å². The van der Waals surface area contributed by atoms with Crippen molar-refractivity contribution in [3.8, 4) is 22.8 Å². The van der Waals surface area contributed by atoms with E-state index in [4.69, 9.17) is 8.94 Å². The van der Waals surface area contributed by atoms with Crippen LogP contribution in [-0.2, 0) is 11.2 Å². The van der Waals surface area contributed by atoms with E-state index < -0.39 is 12.1 Å². The first-order valence-electron chi connectivity index (χ1n) is 10.8. The lowest BCUT2D eigenvalue weighted by molar-refractivity contribution is -0.116. The molecule has 9 heteroatoms. The Morgan fingerprint density at radius 3 is 2.59 bits per heavy atom. The third kappa shape index (κ3) is 4.50. The molecule has 0 saturated heterocycles. The van der Waals surface area contributed by atoms with Gasteiger partial charge in [-0.3, -0.25) is 9.59 Å². The van der Waals surface area contributed by atoms with Crippen LogP contribution in [0.25, 0.3) is 22.8 Å². The highest BCUT2D eigenvalue weighted by molar-refractivity contribution is 6.03. The summed E-state index contributed by atoms with van der Waals surface area (Å²) in [6.07, 6.45) is 1.20. The monoisotopic (exact) mass is 460 g/mol. The summed E-state index contributed by atoms with van der Waals surface area (Å²) in [6, 6.07) is 12.6. The van der Waals surface area contributed by atoms with Gasteiger partial charge in [0, 0.05) is 23.2 Å². The predicted octanol–water partition coefficient (Wildman–Crippen LogP) is 4.91. The quantitative estimate of drug-likeness (QED) is 0.417. The number of alkyl halides is 1. The Morgan fingerprint density at radius 2 is 1.88 bits per heavy atom. The van der Waals surface area contributed by atoms with E-state index in [-0.39, 0.29) is 23.4 Å². The van der Waals surface area contributed by atoms with E-state index >= 15 is 0 Å². The number of ketones is 1. The number of nitrogens with zero attached hydrogens (tertiary/aromatic N) is 3. The van der Waals surface area contributed by atoms with E-state index in [9.17, 15) is 14.0 Å². The minimum Gasteiger partial charge on any atom is -0.431 e. The number of carbonyl (C=O) groups excluding carboxylic acids is 2. The van der Waals surface area contributed by atoms with Gasteiger partial charge in [-0.2, -0.15) is 4.98 Å². The molecule has 1 saturated carbocycles. The fraction of sp³-hybridized carbons (Fsp3) is 0.240. The van der Waals surface area contributed by atoms with E-state index in [0.29, 0.717) is 41.4 Å². The van der Waals surface area contributed by atoms with Gasteiger partial charge >= 0.3 is 0 Å². The summed E-state index contributed by atoms with van der Waals surface area (Å²) in [4.78, 5) is 32.5. The maximum absolute atomic E-state index is 13.3. The van der Waals surface area contributed by atoms with Gasteiger partial charge in [0.15, 0.2) is 0 Å². The van der Waals surface area contributed by atoms with E-state index in [1.807, 2.05) is 31.2 Å². The summed E-state index contributed by atoms with van der Waals surface area (Å²) in [5.74, 6) is 0.277. The van der Waals surface area contributed by atoms with Crippen molar-refractivity contribution < 1.29 is 22.9 Å². The van der Waals surface area contributed by atoms with Crippen molar-refractivity contribution in [2.24, 2.45) is 0 Å². The maximum atomic E-state index is 13.3. The van der Waals surface area contributed by atoms with E-state index in [1.165, 1.54) is 6.20 Å². The Hall–Kier alpha value is -4.14. The highest BCUT2D eigenvalue weighted by Gasteiger charge is 2.43. The summed E-state index contributed by atoms with van der Waals surface area (Å²) in [5, 5.41) is 6.76. The lowest BCUT2D eigenvalue weighted by atomic mass is 10.1. The summed E-state index contributed by atoms with van der Waals surface area (Å²) < 4.78 is 24.1. The average Bonchev–Trinajstić information content (AvgIpc) is 3.21. The van der Waals surface area contributed by atoms with Crippen LogP contribution in [0, 0.1) is 6.92 Å². The van der Waals surface area contributed by atoms with Crippen molar-refractivity contribution in [2.45, 2.75) is 38.8 Å². The molecule has 0 spiro atoms. The van der Waals surface area contributed by atoms with Crippen LogP contribution in [0.4, 0.5) is 10.1 Å². The Labute approximate surface area is 194 Å². The molecule has 1 aliphatic rings.